The van der Waals surface area contributed by atoms with Crippen LogP contribution in [0.3, 0.4) is 0 Å². The molecule has 21 heavy (non-hydrogen) atoms. The number of nitriles is 1. The number of amides is 1. The maximum absolute atomic E-state index is 11.7. The topological polar surface area (TPSA) is 59.4 Å². The lowest BCUT2D eigenvalue weighted by atomic mass is 10.2. The zero-order chi connectivity index (χ0) is 15.2. The van der Waals surface area contributed by atoms with Gasteiger partial charge in [-0.3, -0.25) is 4.79 Å². The van der Waals surface area contributed by atoms with Gasteiger partial charge in [0.1, 0.15) is 6.42 Å². The predicted molar refractivity (Wildman–Crippen MR) is 84.6 cm³/mol. The van der Waals surface area contributed by atoms with E-state index in [1.54, 1.807) is 6.07 Å². The number of benzene rings is 1. The average molecular weight is 307 g/mol. The molecule has 0 aliphatic carbocycles. The van der Waals surface area contributed by atoms with E-state index in [4.69, 9.17) is 16.9 Å². The van der Waals surface area contributed by atoms with Crippen molar-refractivity contribution in [3.63, 3.8) is 0 Å². The van der Waals surface area contributed by atoms with Crippen LogP contribution in [0.15, 0.2) is 18.2 Å². The van der Waals surface area contributed by atoms with Gasteiger partial charge in [0.05, 0.1) is 22.5 Å². The molecule has 2 rings (SSSR count). The summed E-state index contributed by atoms with van der Waals surface area (Å²) in [5.74, 6) is -0.312. The number of nitrogens with one attached hydrogen (secondary N) is 1. The second-order valence-electron chi connectivity index (χ2n) is 4.94. The van der Waals surface area contributed by atoms with Crippen molar-refractivity contribution in [2.45, 2.75) is 13.3 Å². The first kappa shape index (κ1) is 15.6. The van der Waals surface area contributed by atoms with Crippen LogP contribution in [-0.2, 0) is 4.79 Å². The molecule has 1 N–H and O–H groups in total. The summed E-state index contributed by atoms with van der Waals surface area (Å²) in [5.41, 5.74) is 1.52. The fraction of sp³-hybridized carbons (Fsp3) is 0.467. The van der Waals surface area contributed by atoms with Crippen molar-refractivity contribution in [1.82, 2.24) is 4.90 Å². The Morgan fingerprint density at radius 2 is 2.10 bits per heavy atom. The molecule has 1 aromatic rings. The van der Waals surface area contributed by atoms with Crippen LogP contribution in [0.2, 0.25) is 5.02 Å². The summed E-state index contributed by atoms with van der Waals surface area (Å²) >= 11 is 6.32. The monoisotopic (exact) mass is 306 g/mol. The van der Waals surface area contributed by atoms with Crippen molar-refractivity contribution in [3.8, 4) is 6.07 Å². The van der Waals surface area contributed by atoms with Crippen LogP contribution in [0.25, 0.3) is 0 Å². The van der Waals surface area contributed by atoms with Crippen molar-refractivity contribution in [2.24, 2.45) is 0 Å². The summed E-state index contributed by atoms with van der Waals surface area (Å²) in [6, 6.07) is 7.30. The summed E-state index contributed by atoms with van der Waals surface area (Å²) < 4.78 is 0. The maximum Gasteiger partial charge on any atom is 0.238 e. The number of hydrogen-bond donors (Lipinski definition) is 1. The number of carbonyl (C=O) groups excluding carboxylic acids is 1. The minimum atomic E-state index is -0.312. The lowest BCUT2D eigenvalue weighted by Crippen LogP contribution is -2.46. The maximum atomic E-state index is 11.7. The van der Waals surface area contributed by atoms with Gasteiger partial charge in [-0.15, -0.1) is 0 Å². The first-order chi connectivity index (χ1) is 10.2. The van der Waals surface area contributed by atoms with E-state index in [0.717, 1.165) is 38.4 Å². The van der Waals surface area contributed by atoms with Crippen LogP contribution < -0.4 is 10.2 Å². The Hall–Kier alpha value is -1.77. The number of hydrogen-bond acceptors (Lipinski definition) is 4. The Morgan fingerprint density at radius 3 is 2.71 bits per heavy atom. The lowest BCUT2D eigenvalue weighted by Gasteiger charge is -2.36. The van der Waals surface area contributed by atoms with E-state index >= 15 is 0 Å². The molecule has 112 valence electrons. The van der Waals surface area contributed by atoms with E-state index in [-0.39, 0.29) is 12.3 Å². The van der Waals surface area contributed by atoms with Crippen molar-refractivity contribution in [1.29, 1.82) is 5.26 Å². The highest BCUT2D eigenvalue weighted by molar-refractivity contribution is 6.34. The molecule has 6 heteroatoms. The van der Waals surface area contributed by atoms with E-state index in [2.05, 4.69) is 22.0 Å². The summed E-state index contributed by atoms with van der Waals surface area (Å²) in [5, 5.41) is 12.0. The van der Waals surface area contributed by atoms with Crippen molar-refractivity contribution < 1.29 is 4.79 Å². The van der Waals surface area contributed by atoms with Crippen LogP contribution in [0, 0.1) is 11.3 Å². The third kappa shape index (κ3) is 3.87. The SMILES string of the molecule is CCN1CCN(c2c(Cl)cccc2NC(=O)CC#N)CC1. The van der Waals surface area contributed by atoms with Gasteiger partial charge >= 0.3 is 0 Å². The van der Waals surface area contributed by atoms with E-state index in [1.807, 2.05) is 18.2 Å². The van der Waals surface area contributed by atoms with Crippen molar-refractivity contribution >= 4 is 28.9 Å². The van der Waals surface area contributed by atoms with E-state index in [1.165, 1.54) is 0 Å². The fourth-order valence-electron chi connectivity index (χ4n) is 2.49. The molecule has 0 unspecified atom stereocenters. The largest absolute Gasteiger partial charge is 0.366 e. The zero-order valence-corrected chi connectivity index (χ0v) is 12.9. The molecule has 1 amide bonds. The fourth-order valence-corrected chi connectivity index (χ4v) is 2.79. The molecule has 1 aliphatic rings. The second-order valence-corrected chi connectivity index (χ2v) is 5.35. The Morgan fingerprint density at radius 1 is 1.38 bits per heavy atom. The first-order valence-corrected chi connectivity index (χ1v) is 7.46. The number of piperazine rings is 1. The van der Waals surface area contributed by atoms with Gasteiger partial charge in [-0.2, -0.15) is 5.26 Å². The highest BCUT2D eigenvalue weighted by Crippen LogP contribution is 2.34. The highest BCUT2D eigenvalue weighted by Gasteiger charge is 2.21. The average Bonchev–Trinajstić information content (AvgIpc) is 2.48. The molecule has 0 atom stereocenters. The molecule has 1 aromatic carbocycles. The van der Waals surface area contributed by atoms with E-state index < -0.39 is 0 Å². The molecular weight excluding hydrogens is 288 g/mol. The molecule has 1 fully saturated rings. The Kier molecular flexibility index (Phi) is 5.43. The van der Waals surface area contributed by atoms with E-state index in [0.29, 0.717) is 10.7 Å². The van der Waals surface area contributed by atoms with Gasteiger partial charge in [-0.05, 0) is 18.7 Å². The number of halogens is 1. The van der Waals surface area contributed by atoms with Gasteiger partial charge in [0.15, 0.2) is 0 Å². The Bertz CT molecular complexity index is 547. The van der Waals surface area contributed by atoms with Crippen LogP contribution in [-0.4, -0.2) is 43.5 Å². The van der Waals surface area contributed by atoms with Gasteiger partial charge in [0.2, 0.25) is 5.91 Å². The van der Waals surface area contributed by atoms with Crippen LogP contribution in [0.1, 0.15) is 13.3 Å². The van der Waals surface area contributed by atoms with Gasteiger partial charge in [0.25, 0.3) is 0 Å². The van der Waals surface area contributed by atoms with Crippen molar-refractivity contribution in [3.05, 3.63) is 23.2 Å². The molecule has 1 aliphatic heterocycles. The van der Waals surface area contributed by atoms with Crippen LogP contribution in [0.5, 0.6) is 0 Å². The van der Waals surface area contributed by atoms with Gasteiger partial charge < -0.3 is 15.1 Å². The number of rotatable bonds is 4. The third-order valence-electron chi connectivity index (χ3n) is 3.64. The minimum Gasteiger partial charge on any atom is -0.366 e. The van der Waals surface area contributed by atoms with Gasteiger partial charge in [-0.25, -0.2) is 0 Å². The smallest absolute Gasteiger partial charge is 0.238 e. The summed E-state index contributed by atoms with van der Waals surface area (Å²) in [4.78, 5) is 16.2. The predicted octanol–water partition coefficient (Wildman–Crippen LogP) is 2.33. The van der Waals surface area contributed by atoms with Crippen molar-refractivity contribution in [2.75, 3.05) is 42.9 Å². The van der Waals surface area contributed by atoms with E-state index in [9.17, 15) is 4.79 Å². The molecule has 0 bridgehead atoms. The number of likely N-dealkylation sites (N-methyl/N-ethyl adjacent to an activating group) is 1. The lowest BCUT2D eigenvalue weighted by molar-refractivity contribution is -0.115. The number of anilines is 2. The minimum absolute atomic E-state index is 0.157. The standard InChI is InChI=1S/C15H19ClN4O/c1-2-19-8-10-20(11-9-19)15-12(16)4-3-5-13(15)18-14(21)6-7-17/h3-5H,2,6,8-11H2,1H3,(H,18,21). The number of carbonyl (C=O) groups is 1. The Balaban J connectivity index is 2.18. The molecule has 1 heterocycles. The third-order valence-corrected chi connectivity index (χ3v) is 3.94. The molecule has 0 saturated carbocycles. The molecule has 1 saturated heterocycles. The zero-order valence-electron chi connectivity index (χ0n) is 12.1. The highest BCUT2D eigenvalue weighted by atomic mass is 35.5. The normalized spacial score (nSPS) is 15.6. The quantitative estimate of drug-likeness (QED) is 0.927. The van der Waals surface area contributed by atoms with Gasteiger partial charge in [-0.1, -0.05) is 24.6 Å². The number of para-hydroxylation sites is 1. The molecular formula is C15H19ClN4O. The second kappa shape index (κ2) is 7.30. The first-order valence-electron chi connectivity index (χ1n) is 7.08. The Labute approximate surface area is 130 Å². The van der Waals surface area contributed by atoms with Gasteiger partial charge in [0, 0.05) is 26.2 Å². The van der Waals surface area contributed by atoms with Crippen LogP contribution >= 0.6 is 11.6 Å². The molecule has 5 nitrogen and oxygen atoms in total. The molecule has 0 radical (unpaired) electrons. The summed E-state index contributed by atoms with van der Waals surface area (Å²) in [6.45, 7) is 6.90. The van der Waals surface area contributed by atoms with Crippen LogP contribution in [0.4, 0.5) is 11.4 Å². The number of nitrogens with zero attached hydrogens (tertiary/aromatic N) is 3. The molecule has 0 spiro atoms. The summed E-state index contributed by atoms with van der Waals surface area (Å²) in [7, 11) is 0. The molecule has 0 aromatic heterocycles. The summed E-state index contributed by atoms with van der Waals surface area (Å²) in [6.07, 6.45) is -0.157.